The third-order valence-electron chi connectivity index (χ3n) is 4.03. The maximum atomic E-state index is 12.4. The van der Waals surface area contributed by atoms with Gasteiger partial charge in [-0.25, -0.2) is 0 Å². The van der Waals surface area contributed by atoms with Crippen LogP contribution in [-0.2, 0) is 0 Å². The van der Waals surface area contributed by atoms with E-state index in [4.69, 9.17) is 0 Å². The molecule has 3 fully saturated rings. The van der Waals surface area contributed by atoms with E-state index in [1.54, 1.807) is 0 Å². The summed E-state index contributed by atoms with van der Waals surface area (Å²) >= 11 is 0. The molecule has 2 bridgehead atoms. The van der Waals surface area contributed by atoms with Crippen LogP contribution in [0.15, 0.2) is 0 Å². The standard InChI is InChI=1S/C8H13BF3/c1-6(2)7-3-8(4-7,5-7)9(10,11)12/h6H,3-5H2,1-2H3/q-1. The largest absolute Gasteiger partial charge is 0.484 e. The van der Waals surface area contributed by atoms with E-state index in [1.165, 1.54) is 0 Å². The fourth-order valence-corrected chi connectivity index (χ4v) is 2.91. The molecule has 3 aliphatic carbocycles. The van der Waals surface area contributed by atoms with E-state index in [-0.39, 0.29) is 5.41 Å². The Kier molecular flexibility index (Phi) is 1.31. The maximum Gasteiger partial charge on any atom is 0.484 e. The van der Waals surface area contributed by atoms with E-state index < -0.39 is 12.3 Å². The highest BCUT2D eigenvalue weighted by atomic mass is 19.4. The second-order valence-electron chi connectivity index (χ2n) is 4.98. The lowest BCUT2D eigenvalue weighted by molar-refractivity contribution is -0.145. The van der Waals surface area contributed by atoms with Crippen LogP contribution < -0.4 is 0 Å². The summed E-state index contributed by atoms with van der Waals surface area (Å²) in [5, 5.41) is -1.19. The molecular weight excluding hydrogens is 164 g/mol. The normalized spacial score (nSPS) is 45.5. The molecule has 0 N–H and O–H groups in total. The molecule has 0 aromatic heterocycles. The first-order chi connectivity index (χ1) is 5.31. The summed E-state index contributed by atoms with van der Waals surface area (Å²) in [6.45, 7) is -0.495. The average molecular weight is 177 g/mol. The Balaban J connectivity index is 2.05. The molecule has 0 aromatic carbocycles. The zero-order valence-electron chi connectivity index (χ0n) is 7.41. The first-order valence-corrected chi connectivity index (χ1v) is 4.51. The minimum atomic E-state index is -4.56. The van der Waals surface area contributed by atoms with Crippen molar-refractivity contribution in [1.82, 2.24) is 0 Å². The van der Waals surface area contributed by atoms with E-state index >= 15 is 0 Å². The molecule has 0 nitrogen and oxygen atoms in total. The fraction of sp³-hybridized carbons (Fsp3) is 1.00. The molecule has 70 valence electrons. The van der Waals surface area contributed by atoms with Gasteiger partial charge < -0.3 is 12.9 Å². The first-order valence-electron chi connectivity index (χ1n) is 4.51. The maximum absolute atomic E-state index is 12.4. The van der Waals surface area contributed by atoms with Gasteiger partial charge in [-0.1, -0.05) is 38.4 Å². The predicted octanol–water partition coefficient (Wildman–Crippen LogP) is 3.41. The fourth-order valence-electron chi connectivity index (χ4n) is 2.91. The lowest BCUT2D eigenvalue weighted by Crippen LogP contribution is -2.66. The molecule has 0 radical (unpaired) electrons. The quantitative estimate of drug-likeness (QED) is 0.567. The number of hydrogen-bond donors (Lipinski definition) is 0. The van der Waals surface area contributed by atoms with Gasteiger partial charge in [0, 0.05) is 0 Å². The van der Waals surface area contributed by atoms with Crippen LogP contribution in [0.25, 0.3) is 0 Å². The Morgan fingerprint density at radius 2 is 1.50 bits per heavy atom. The Morgan fingerprint density at radius 1 is 1.08 bits per heavy atom. The van der Waals surface area contributed by atoms with Crippen molar-refractivity contribution in [3.05, 3.63) is 0 Å². The summed E-state index contributed by atoms with van der Waals surface area (Å²) in [5.41, 5.74) is 0.0806. The van der Waals surface area contributed by atoms with Gasteiger partial charge in [-0.3, -0.25) is 0 Å². The summed E-state index contributed by atoms with van der Waals surface area (Å²) in [6, 6.07) is 0. The van der Waals surface area contributed by atoms with Crippen LogP contribution in [0.2, 0.25) is 5.31 Å². The van der Waals surface area contributed by atoms with Crippen LogP contribution in [-0.4, -0.2) is 6.98 Å². The van der Waals surface area contributed by atoms with E-state index in [1.807, 2.05) is 13.8 Å². The monoisotopic (exact) mass is 177 g/mol. The highest BCUT2D eigenvalue weighted by Gasteiger charge is 2.74. The molecule has 12 heavy (non-hydrogen) atoms. The Hall–Kier alpha value is -0.145. The van der Waals surface area contributed by atoms with Gasteiger partial charge in [-0.15, -0.1) is 0 Å². The van der Waals surface area contributed by atoms with Crippen molar-refractivity contribution in [2.24, 2.45) is 11.3 Å². The van der Waals surface area contributed by atoms with Crippen molar-refractivity contribution >= 4 is 6.98 Å². The van der Waals surface area contributed by atoms with Crippen LogP contribution in [0.4, 0.5) is 12.9 Å². The average Bonchev–Trinajstić information content (AvgIpc) is 1.46. The molecule has 0 unspecified atom stereocenters. The van der Waals surface area contributed by atoms with Gasteiger partial charge >= 0.3 is 6.98 Å². The van der Waals surface area contributed by atoms with E-state index in [2.05, 4.69) is 0 Å². The highest BCUT2D eigenvalue weighted by Crippen LogP contribution is 2.84. The lowest BCUT2D eigenvalue weighted by Gasteiger charge is -2.77. The van der Waals surface area contributed by atoms with Crippen LogP contribution >= 0.6 is 0 Å². The van der Waals surface area contributed by atoms with Crippen molar-refractivity contribution in [2.45, 2.75) is 38.4 Å². The van der Waals surface area contributed by atoms with Gasteiger partial charge in [0.15, 0.2) is 0 Å². The third kappa shape index (κ3) is 0.716. The van der Waals surface area contributed by atoms with Crippen molar-refractivity contribution in [2.75, 3.05) is 0 Å². The van der Waals surface area contributed by atoms with Crippen LogP contribution in [0.3, 0.4) is 0 Å². The second kappa shape index (κ2) is 1.85. The molecule has 0 amide bonds. The van der Waals surface area contributed by atoms with E-state index in [0.29, 0.717) is 25.2 Å². The minimum absolute atomic E-state index is 0.0806. The van der Waals surface area contributed by atoms with Crippen molar-refractivity contribution < 1.29 is 12.9 Å². The summed E-state index contributed by atoms with van der Waals surface area (Å²) in [7, 11) is 0. The molecule has 3 rings (SSSR count). The Morgan fingerprint density at radius 3 is 1.75 bits per heavy atom. The van der Waals surface area contributed by atoms with Gasteiger partial charge in [0.25, 0.3) is 0 Å². The molecule has 0 spiro atoms. The predicted molar refractivity (Wildman–Crippen MR) is 42.9 cm³/mol. The van der Waals surface area contributed by atoms with Crippen LogP contribution in [0.5, 0.6) is 0 Å². The summed E-state index contributed by atoms with van der Waals surface area (Å²) < 4.78 is 37.3. The molecule has 0 heterocycles. The van der Waals surface area contributed by atoms with Gasteiger partial charge in [0.05, 0.1) is 0 Å². The van der Waals surface area contributed by atoms with Gasteiger partial charge in [-0.2, -0.15) is 0 Å². The topological polar surface area (TPSA) is 0 Å². The third-order valence-corrected chi connectivity index (χ3v) is 4.03. The van der Waals surface area contributed by atoms with E-state index in [9.17, 15) is 12.9 Å². The molecule has 0 saturated heterocycles. The Labute approximate surface area is 70.6 Å². The lowest BCUT2D eigenvalue weighted by atomic mass is 9.22. The molecule has 0 aliphatic heterocycles. The zero-order valence-corrected chi connectivity index (χ0v) is 7.41. The molecular formula is C8H13BF3-. The van der Waals surface area contributed by atoms with Crippen LogP contribution in [0.1, 0.15) is 33.1 Å². The van der Waals surface area contributed by atoms with Gasteiger partial charge in [-0.05, 0) is 11.3 Å². The summed E-state index contributed by atoms with van der Waals surface area (Å²) in [6.07, 6.45) is 1.25. The van der Waals surface area contributed by atoms with E-state index in [0.717, 1.165) is 0 Å². The molecule has 3 aliphatic rings. The van der Waals surface area contributed by atoms with Gasteiger partial charge in [0.2, 0.25) is 0 Å². The van der Waals surface area contributed by atoms with Crippen molar-refractivity contribution in [3.8, 4) is 0 Å². The number of rotatable bonds is 2. The Bertz CT molecular complexity index is 199. The van der Waals surface area contributed by atoms with Crippen molar-refractivity contribution in [3.63, 3.8) is 0 Å². The van der Waals surface area contributed by atoms with Gasteiger partial charge in [0.1, 0.15) is 0 Å². The minimum Gasteiger partial charge on any atom is -0.449 e. The smallest absolute Gasteiger partial charge is 0.449 e. The van der Waals surface area contributed by atoms with Crippen LogP contribution in [0, 0.1) is 11.3 Å². The first kappa shape index (κ1) is 8.45. The molecule has 0 aromatic rings. The molecule has 4 heteroatoms. The zero-order chi connectivity index (χ0) is 9.20. The molecule has 0 atom stereocenters. The number of hydrogen-bond acceptors (Lipinski definition) is 0. The summed E-state index contributed by atoms with van der Waals surface area (Å²) in [5.74, 6) is 0.428. The molecule has 3 saturated carbocycles. The van der Waals surface area contributed by atoms with Crippen molar-refractivity contribution in [1.29, 1.82) is 0 Å². The second-order valence-corrected chi connectivity index (χ2v) is 4.98. The SMILES string of the molecule is CC(C)C12CC([B-](F)(F)F)(C1)C2. The summed E-state index contributed by atoms with van der Waals surface area (Å²) in [4.78, 5) is 0. The highest BCUT2D eigenvalue weighted by molar-refractivity contribution is 6.63. The number of halogens is 3.